The van der Waals surface area contributed by atoms with E-state index in [2.05, 4.69) is 18.9 Å². The highest BCUT2D eigenvalue weighted by atomic mass is 16.5. The third kappa shape index (κ3) is 3.25. The molecule has 7 nitrogen and oxygen atoms in total. The number of methoxy groups -OCH3 is 1. The lowest BCUT2D eigenvalue weighted by Gasteiger charge is -2.02. The van der Waals surface area contributed by atoms with Gasteiger partial charge in [-0.2, -0.15) is 9.61 Å². The first kappa shape index (κ1) is 17.5. The fraction of sp³-hybridized carbons (Fsp3) is 0.400. The van der Waals surface area contributed by atoms with Crippen molar-refractivity contribution < 1.29 is 4.74 Å². The van der Waals surface area contributed by atoms with Crippen LogP contribution in [0.1, 0.15) is 38.9 Å². The number of rotatable bonds is 7. The molecule has 0 saturated carbocycles. The van der Waals surface area contributed by atoms with Gasteiger partial charge in [-0.05, 0) is 37.1 Å². The van der Waals surface area contributed by atoms with Crippen LogP contribution in [0.25, 0.3) is 28.1 Å². The molecule has 0 N–H and O–H groups in total. The van der Waals surface area contributed by atoms with Gasteiger partial charge in [0, 0.05) is 24.7 Å². The zero-order chi connectivity index (χ0) is 18.8. The Morgan fingerprint density at radius 2 is 1.81 bits per heavy atom. The van der Waals surface area contributed by atoms with Crippen LogP contribution in [0.5, 0.6) is 5.75 Å². The number of nitrogens with zero attached hydrogens (tertiary/aromatic N) is 6. The summed E-state index contributed by atoms with van der Waals surface area (Å²) < 4.78 is 9.08. The number of hydrogen-bond acceptors (Lipinski definition) is 5. The monoisotopic (exact) mass is 364 g/mol. The van der Waals surface area contributed by atoms with E-state index in [4.69, 9.17) is 19.8 Å². The quantitative estimate of drug-likeness (QED) is 0.497. The Balaban J connectivity index is 1.88. The van der Waals surface area contributed by atoms with Gasteiger partial charge in [-0.1, -0.05) is 20.3 Å². The zero-order valence-corrected chi connectivity index (χ0v) is 16.0. The highest BCUT2D eigenvalue weighted by Gasteiger charge is 2.16. The summed E-state index contributed by atoms with van der Waals surface area (Å²) in [6.45, 7) is 5.18. The lowest BCUT2D eigenvalue weighted by atomic mass is 10.2. The molecule has 27 heavy (non-hydrogen) atoms. The van der Waals surface area contributed by atoms with E-state index in [-0.39, 0.29) is 0 Å². The van der Waals surface area contributed by atoms with Crippen molar-refractivity contribution in [2.75, 3.05) is 7.11 Å². The van der Waals surface area contributed by atoms with Crippen LogP contribution in [-0.2, 0) is 13.0 Å². The third-order valence-corrected chi connectivity index (χ3v) is 4.62. The molecule has 0 atom stereocenters. The van der Waals surface area contributed by atoms with Gasteiger partial charge in [0.05, 0.1) is 12.5 Å². The van der Waals surface area contributed by atoms with Crippen LogP contribution in [0.2, 0.25) is 0 Å². The van der Waals surface area contributed by atoms with Crippen LogP contribution in [0.4, 0.5) is 0 Å². The molecular formula is C20H24N6O. The first-order valence-electron chi connectivity index (χ1n) is 9.50. The number of unbranched alkanes of at least 4 members (excludes halogenated alkanes) is 1. The average Bonchev–Trinajstić information content (AvgIpc) is 3.30. The van der Waals surface area contributed by atoms with E-state index in [1.807, 2.05) is 39.7 Å². The minimum atomic E-state index is 0.688. The van der Waals surface area contributed by atoms with Crippen molar-refractivity contribution in [3.05, 3.63) is 36.3 Å². The van der Waals surface area contributed by atoms with Crippen LogP contribution in [0.15, 0.2) is 30.5 Å². The van der Waals surface area contributed by atoms with Gasteiger partial charge in [0.1, 0.15) is 11.6 Å². The molecule has 4 rings (SSSR count). The second-order valence-corrected chi connectivity index (χ2v) is 6.66. The number of aromatic nitrogens is 6. The lowest BCUT2D eigenvalue weighted by Crippen LogP contribution is -2.03. The van der Waals surface area contributed by atoms with Crippen molar-refractivity contribution in [2.45, 2.75) is 46.1 Å². The summed E-state index contributed by atoms with van der Waals surface area (Å²) in [6.07, 6.45) is 6.06. The molecule has 1 aromatic carbocycles. The molecule has 3 aromatic heterocycles. The Hall–Kier alpha value is -2.96. The Morgan fingerprint density at radius 3 is 2.52 bits per heavy atom. The number of fused-ring (bicyclic) bond motifs is 3. The fourth-order valence-electron chi connectivity index (χ4n) is 3.19. The normalized spacial score (nSPS) is 11.5. The Labute approximate surface area is 158 Å². The molecule has 4 aromatic rings. The summed E-state index contributed by atoms with van der Waals surface area (Å²) in [7, 11) is 1.66. The van der Waals surface area contributed by atoms with Crippen LogP contribution in [0.3, 0.4) is 0 Å². The molecule has 0 unspecified atom stereocenters. The van der Waals surface area contributed by atoms with Gasteiger partial charge in [-0.25, -0.2) is 9.97 Å². The lowest BCUT2D eigenvalue weighted by molar-refractivity contribution is 0.415. The molecule has 0 fully saturated rings. The molecule has 0 spiro atoms. The van der Waals surface area contributed by atoms with Crippen molar-refractivity contribution in [2.24, 2.45) is 0 Å². The van der Waals surface area contributed by atoms with Gasteiger partial charge in [-0.15, -0.1) is 5.10 Å². The minimum absolute atomic E-state index is 0.688. The molecule has 0 bridgehead atoms. The number of benzene rings is 1. The maximum absolute atomic E-state index is 5.24. The van der Waals surface area contributed by atoms with Crippen molar-refractivity contribution in [1.82, 2.24) is 29.4 Å². The summed E-state index contributed by atoms with van der Waals surface area (Å²) in [6, 6.07) is 7.80. The predicted octanol–water partition coefficient (Wildman–Crippen LogP) is 3.90. The van der Waals surface area contributed by atoms with E-state index < -0.39 is 0 Å². The standard InChI is InChI=1S/C20H24N6O/c1-4-6-7-17-21-19-16(13-25(23-19)12-5-2)20-22-18(24-26(17)20)14-8-10-15(27-3)11-9-14/h8-11,13H,4-7,12H2,1-3H3. The number of ether oxygens (including phenoxy) is 1. The zero-order valence-electron chi connectivity index (χ0n) is 16.0. The van der Waals surface area contributed by atoms with Crippen molar-refractivity contribution >= 4 is 16.7 Å². The number of hydrogen-bond donors (Lipinski definition) is 0. The van der Waals surface area contributed by atoms with E-state index in [1.54, 1.807) is 7.11 Å². The molecular weight excluding hydrogens is 340 g/mol. The molecule has 3 heterocycles. The van der Waals surface area contributed by atoms with Gasteiger partial charge in [0.15, 0.2) is 17.1 Å². The van der Waals surface area contributed by atoms with Crippen molar-refractivity contribution in [3.63, 3.8) is 0 Å². The van der Waals surface area contributed by atoms with Gasteiger partial charge in [-0.3, -0.25) is 4.68 Å². The Bertz CT molecular complexity index is 1060. The van der Waals surface area contributed by atoms with Gasteiger partial charge >= 0.3 is 0 Å². The predicted molar refractivity (Wildman–Crippen MR) is 105 cm³/mol. The largest absolute Gasteiger partial charge is 0.497 e. The summed E-state index contributed by atoms with van der Waals surface area (Å²) in [5.41, 5.74) is 2.52. The minimum Gasteiger partial charge on any atom is -0.497 e. The van der Waals surface area contributed by atoms with E-state index in [0.29, 0.717) is 5.82 Å². The van der Waals surface area contributed by atoms with Gasteiger partial charge in [0.2, 0.25) is 0 Å². The first-order chi connectivity index (χ1) is 13.2. The summed E-state index contributed by atoms with van der Waals surface area (Å²) in [5, 5.41) is 10.3. The Morgan fingerprint density at radius 1 is 1.00 bits per heavy atom. The van der Waals surface area contributed by atoms with Gasteiger partial charge in [0.25, 0.3) is 0 Å². The molecule has 0 amide bonds. The molecule has 7 heteroatoms. The molecule has 0 aliphatic carbocycles. The topological polar surface area (TPSA) is 70.1 Å². The molecule has 0 aliphatic rings. The molecule has 0 aliphatic heterocycles. The first-order valence-corrected chi connectivity index (χ1v) is 9.50. The fourth-order valence-corrected chi connectivity index (χ4v) is 3.19. The number of aryl methyl sites for hydroxylation is 2. The van der Waals surface area contributed by atoms with Gasteiger partial charge < -0.3 is 4.74 Å². The SMILES string of the molecule is CCCCc1nc2nn(CCC)cc2c2nc(-c3ccc(OC)cc3)nn12. The van der Waals surface area contributed by atoms with Crippen LogP contribution in [-0.4, -0.2) is 36.5 Å². The van der Waals surface area contributed by atoms with E-state index in [9.17, 15) is 0 Å². The van der Waals surface area contributed by atoms with Crippen LogP contribution >= 0.6 is 0 Å². The highest BCUT2D eigenvalue weighted by molar-refractivity contribution is 5.89. The second-order valence-electron chi connectivity index (χ2n) is 6.66. The van der Waals surface area contributed by atoms with Crippen molar-refractivity contribution in [1.29, 1.82) is 0 Å². The van der Waals surface area contributed by atoms with Crippen LogP contribution < -0.4 is 4.74 Å². The maximum Gasteiger partial charge on any atom is 0.186 e. The highest BCUT2D eigenvalue weighted by Crippen LogP contribution is 2.24. The van der Waals surface area contributed by atoms with E-state index >= 15 is 0 Å². The van der Waals surface area contributed by atoms with Crippen molar-refractivity contribution in [3.8, 4) is 17.1 Å². The summed E-state index contributed by atoms with van der Waals surface area (Å²) >= 11 is 0. The second kappa shape index (κ2) is 7.34. The maximum atomic E-state index is 5.24. The molecule has 140 valence electrons. The molecule has 0 radical (unpaired) electrons. The van der Waals surface area contributed by atoms with E-state index in [0.717, 1.165) is 66.0 Å². The smallest absolute Gasteiger partial charge is 0.186 e. The summed E-state index contributed by atoms with van der Waals surface area (Å²) in [5.74, 6) is 2.41. The third-order valence-electron chi connectivity index (χ3n) is 4.62. The Kier molecular flexibility index (Phi) is 4.75. The molecule has 0 saturated heterocycles. The summed E-state index contributed by atoms with van der Waals surface area (Å²) in [4.78, 5) is 9.61. The van der Waals surface area contributed by atoms with E-state index in [1.165, 1.54) is 0 Å². The average molecular weight is 364 g/mol. The van der Waals surface area contributed by atoms with Crippen LogP contribution in [0, 0.1) is 0 Å².